The number of rotatable bonds is 3. The van der Waals surface area contributed by atoms with Gasteiger partial charge in [-0.3, -0.25) is 24.5 Å². The van der Waals surface area contributed by atoms with E-state index in [1.807, 2.05) is 0 Å². The summed E-state index contributed by atoms with van der Waals surface area (Å²) < 4.78 is 0. The van der Waals surface area contributed by atoms with Crippen LogP contribution < -0.4 is 10.2 Å². The zero-order chi connectivity index (χ0) is 21.5. The van der Waals surface area contributed by atoms with E-state index in [2.05, 4.69) is 5.32 Å². The van der Waals surface area contributed by atoms with Crippen molar-refractivity contribution in [1.29, 1.82) is 0 Å². The number of imide groups is 1. The van der Waals surface area contributed by atoms with Gasteiger partial charge in [0.15, 0.2) is 0 Å². The van der Waals surface area contributed by atoms with E-state index in [4.69, 9.17) is 23.2 Å². The minimum Gasteiger partial charge on any atom is -0.321 e. The first-order chi connectivity index (χ1) is 13.6. The van der Waals surface area contributed by atoms with Crippen LogP contribution in [0.4, 0.5) is 17.1 Å². The molecule has 1 aliphatic heterocycles. The van der Waals surface area contributed by atoms with Crippen molar-refractivity contribution in [3.05, 3.63) is 62.7 Å². The summed E-state index contributed by atoms with van der Waals surface area (Å²) in [6.45, 7) is 2.45. The number of nitro groups is 1. The third-order valence-corrected chi connectivity index (χ3v) is 4.82. The van der Waals surface area contributed by atoms with Crippen molar-refractivity contribution in [1.82, 2.24) is 0 Å². The monoisotopic (exact) mass is 433 g/mol. The van der Waals surface area contributed by atoms with Gasteiger partial charge in [0, 0.05) is 36.1 Å². The zero-order valence-corrected chi connectivity index (χ0v) is 16.7. The molecule has 1 heterocycles. The lowest BCUT2D eigenvalue weighted by Crippen LogP contribution is -2.31. The van der Waals surface area contributed by atoms with Gasteiger partial charge in [-0.15, -0.1) is 0 Å². The Labute approximate surface area is 174 Å². The van der Waals surface area contributed by atoms with Crippen LogP contribution in [0.3, 0.4) is 0 Å². The van der Waals surface area contributed by atoms with E-state index in [1.54, 1.807) is 12.1 Å². The number of halogens is 2. The summed E-state index contributed by atoms with van der Waals surface area (Å²) in [5.74, 6) is -1.66. The Bertz CT molecular complexity index is 1130. The Morgan fingerprint density at radius 2 is 1.83 bits per heavy atom. The molecular weight excluding hydrogens is 421 g/mol. The molecule has 2 aromatic rings. The molecular formula is C19H13Cl2N3O5. The Hall–Kier alpha value is -3.23. The Balaban J connectivity index is 2.21. The molecule has 0 spiro atoms. The summed E-state index contributed by atoms with van der Waals surface area (Å²) in [5.41, 5.74) is 0.482. The first-order valence-corrected chi connectivity index (χ1v) is 8.98. The predicted octanol–water partition coefficient (Wildman–Crippen LogP) is 4.21. The number of nitrogens with one attached hydrogen (secondary N) is 1. The van der Waals surface area contributed by atoms with Gasteiger partial charge in [0.05, 0.1) is 21.2 Å². The molecule has 0 fully saturated rings. The average molecular weight is 434 g/mol. The molecule has 29 heavy (non-hydrogen) atoms. The van der Waals surface area contributed by atoms with Gasteiger partial charge in [0.2, 0.25) is 11.8 Å². The first kappa shape index (κ1) is 20.5. The molecule has 0 saturated carbocycles. The van der Waals surface area contributed by atoms with E-state index in [0.29, 0.717) is 10.6 Å². The molecule has 0 unspecified atom stereocenters. The molecule has 0 saturated heterocycles. The zero-order valence-electron chi connectivity index (χ0n) is 15.2. The number of hydrogen-bond acceptors (Lipinski definition) is 5. The van der Waals surface area contributed by atoms with Gasteiger partial charge in [-0.25, -0.2) is 4.90 Å². The number of benzene rings is 2. The molecule has 8 nitrogen and oxygen atoms in total. The fourth-order valence-corrected chi connectivity index (χ4v) is 3.49. The number of carbonyl (C=O) groups is 3. The highest BCUT2D eigenvalue weighted by molar-refractivity contribution is 6.60. The summed E-state index contributed by atoms with van der Waals surface area (Å²) in [4.78, 5) is 47.8. The molecule has 2 aromatic carbocycles. The van der Waals surface area contributed by atoms with E-state index in [1.165, 1.54) is 32.0 Å². The lowest BCUT2D eigenvalue weighted by atomic mass is 10.0. The lowest BCUT2D eigenvalue weighted by Gasteiger charge is -2.12. The largest absolute Gasteiger partial charge is 0.321 e. The standard InChI is InChI=1S/C19H13Cl2N3O5/c1-9(25)22-14-6-3-11(7-16(14)24(28)29)18(21)17-13-5-4-12(20)8-15(13)23(10(2)26)19(17)27/h3-8H,1-2H3,(H,22,25)/b18-17+. The maximum Gasteiger partial charge on any atom is 0.293 e. The maximum atomic E-state index is 12.9. The molecule has 0 aromatic heterocycles. The fourth-order valence-electron chi connectivity index (χ4n) is 3.02. The van der Waals surface area contributed by atoms with Gasteiger partial charge < -0.3 is 5.32 Å². The minimum absolute atomic E-state index is 0.00369. The van der Waals surface area contributed by atoms with Crippen LogP contribution >= 0.6 is 23.2 Å². The van der Waals surface area contributed by atoms with Crippen LogP contribution in [0.15, 0.2) is 36.4 Å². The third kappa shape index (κ3) is 3.72. The highest BCUT2D eigenvalue weighted by Crippen LogP contribution is 2.44. The van der Waals surface area contributed by atoms with Crippen molar-refractivity contribution in [3.8, 4) is 0 Å². The molecule has 0 bridgehead atoms. The smallest absolute Gasteiger partial charge is 0.293 e. The van der Waals surface area contributed by atoms with Gasteiger partial charge in [-0.2, -0.15) is 0 Å². The second kappa shape index (κ2) is 7.65. The first-order valence-electron chi connectivity index (χ1n) is 8.23. The van der Waals surface area contributed by atoms with E-state index in [9.17, 15) is 24.5 Å². The van der Waals surface area contributed by atoms with Crippen molar-refractivity contribution in [3.63, 3.8) is 0 Å². The van der Waals surface area contributed by atoms with E-state index in [-0.39, 0.29) is 33.2 Å². The summed E-state index contributed by atoms with van der Waals surface area (Å²) >= 11 is 12.4. The van der Waals surface area contributed by atoms with Crippen molar-refractivity contribution in [2.75, 3.05) is 10.2 Å². The molecule has 0 aliphatic carbocycles. The van der Waals surface area contributed by atoms with Crippen LogP contribution in [-0.4, -0.2) is 22.6 Å². The highest BCUT2D eigenvalue weighted by Gasteiger charge is 2.37. The third-order valence-electron chi connectivity index (χ3n) is 4.18. The number of anilines is 2. The number of nitro benzene ring substituents is 1. The summed E-state index contributed by atoms with van der Waals surface area (Å²) in [5, 5.41) is 14.0. The van der Waals surface area contributed by atoms with Crippen LogP contribution in [0.1, 0.15) is 25.0 Å². The fraction of sp³-hybridized carbons (Fsp3) is 0.105. The van der Waals surface area contributed by atoms with Gasteiger partial charge in [0.25, 0.3) is 11.6 Å². The van der Waals surface area contributed by atoms with Crippen LogP contribution in [-0.2, 0) is 14.4 Å². The molecule has 10 heteroatoms. The predicted molar refractivity (Wildman–Crippen MR) is 110 cm³/mol. The maximum absolute atomic E-state index is 12.9. The molecule has 3 amide bonds. The van der Waals surface area contributed by atoms with Crippen LogP contribution in [0, 0.1) is 10.1 Å². The molecule has 1 N–H and O–H groups in total. The Kier molecular flexibility index (Phi) is 5.41. The average Bonchev–Trinajstić information content (AvgIpc) is 2.91. The number of amides is 3. The van der Waals surface area contributed by atoms with E-state index >= 15 is 0 Å². The van der Waals surface area contributed by atoms with Gasteiger partial charge in [0.1, 0.15) is 5.69 Å². The Morgan fingerprint density at radius 1 is 1.14 bits per heavy atom. The summed E-state index contributed by atoms with van der Waals surface area (Å²) in [6.07, 6.45) is 0. The highest BCUT2D eigenvalue weighted by atomic mass is 35.5. The molecule has 3 rings (SSSR count). The Morgan fingerprint density at radius 3 is 2.41 bits per heavy atom. The van der Waals surface area contributed by atoms with Crippen molar-refractivity contribution >= 4 is 68.6 Å². The normalized spacial score (nSPS) is 14.5. The van der Waals surface area contributed by atoms with E-state index < -0.39 is 22.6 Å². The quantitative estimate of drug-likeness (QED) is 0.442. The number of fused-ring (bicyclic) bond motifs is 1. The second-order valence-corrected chi connectivity index (χ2v) is 6.99. The van der Waals surface area contributed by atoms with Crippen molar-refractivity contribution in [2.24, 2.45) is 0 Å². The summed E-state index contributed by atoms with van der Waals surface area (Å²) in [7, 11) is 0. The number of carbonyl (C=O) groups excluding carboxylic acids is 3. The molecule has 0 radical (unpaired) electrons. The second-order valence-electron chi connectivity index (χ2n) is 6.18. The summed E-state index contributed by atoms with van der Waals surface area (Å²) in [6, 6.07) is 8.48. The topological polar surface area (TPSA) is 110 Å². The van der Waals surface area contributed by atoms with E-state index in [0.717, 1.165) is 11.0 Å². The van der Waals surface area contributed by atoms with Crippen LogP contribution in [0.2, 0.25) is 5.02 Å². The molecule has 148 valence electrons. The molecule has 0 atom stereocenters. The van der Waals surface area contributed by atoms with Gasteiger partial charge >= 0.3 is 0 Å². The SMILES string of the molecule is CC(=O)Nc1ccc(/C(Cl)=C2\C(=O)N(C(C)=O)c3cc(Cl)ccc32)cc1[N+](=O)[O-]. The van der Waals surface area contributed by atoms with Crippen molar-refractivity contribution < 1.29 is 19.3 Å². The van der Waals surface area contributed by atoms with Gasteiger partial charge in [-0.1, -0.05) is 35.3 Å². The van der Waals surface area contributed by atoms with Gasteiger partial charge in [-0.05, 0) is 18.2 Å². The number of hydrogen-bond donors (Lipinski definition) is 1. The van der Waals surface area contributed by atoms with Crippen LogP contribution in [0.5, 0.6) is 0 Å². The molecule has 1 aliphatic rings. The van der Waals surface area contributed by atoms with Crippen LogP contribution in [0.25, 0.3) is 10.6 Å². The number of nitrogens with zero attached hydrogens (tertiary/aromatic N) is 2. The lowest BCUT2D eigenvalue weighted by molar-refractivity contribution is -0.383. The van der Waals surface area contributed by atoms with Crippen molar-refractivity contribution in [2.45, 2.75) is 13.8 Å². The minimum atomic E-state index is -0.671.